The summed E-state index contributed by atoms with van der Waals surface area (Å²) in [5.74, 6) is -0.234. The van der Waals surface area contributed by atoms with Crippen LogP contribution in [0, 0.1) is 6.92 Å². The first-order valence-corrected chi connectivity index (χ1v) is 10.6. The van der Waals surface area contributed by atoms with Crippen LogP contribution >= 0.6 is 0 Å². The molecular formula is C25H30N2O5. The lowest BCUT2D eigenvalue weighted by Crippen LogP contribution is -2.36. The highest BCUT2D eigenvalue weighted by molar-refractivity contribution is 6.16. The molecule has 7 heteroatoms. The number of aryl methyl sites for hydroxylation is 1. The van der Waals surface area contributed by atoms with Crippen molar-refractivity contribution in [2.45, 2.75) is 19.9 Å². The number of para-hydroxylation sites is 1. The van der Waals surface area contributed by atoms with Crippen LogP contribution in [0.15, 0.2) is 53.8 Å². The number of hydrogen-bond donors (Lipinski definition) is 1. The third kappa shape index (κ3) is 4.48. The van der Waals surface area contributed by atoms with E-state index < -0.39 is 23.5 Å². The number of ether oxygens (including phenoxy) is 2. The summed E-state index contributed by atoms with van der Waals surface area (Å²) in [4.78, 5) is 30.2. The van der Waals surface area contributed by atoms with Crippen molar-refractivity contribution in [2.75, 3.05) is 40.9 Å². The maximum absolute atomic E-state index is 13.6. The highest BCUT2D eigenvalue weighted by atomic mass is 16.5. The van der Waals surface area contributed by atoms with Crippen LogP contribution < -0.4 is 9.47 Å². The van der Waals surface area contributed by atoms with Gasteiger partial charge in [-0.2, -0.15) is 0 Å². The minimum Gasteiger partial charge on any atom is -0.503 e. The third-order valence-electron chi connectivity index (χ3n) is 5.51. The normalized spacial score (nSPS) is 16.1. The van der Waals surface area contributed by atoms with E-state index in [2.05, 4.69) is 0 Å². The van der Waals surface area contributed by atoms with E-state index in [1.54, 1.807) is 25.3 Å². The molecule has 2 aromatic rings. The van der Waals surface area contributed by atoms with E-state index in [4.69, 9.17) is 9.47 Å². The Morgan fingerprint density at radius 2 is 1.88 bits per heavy atom. The van der Waals surface area contributed by atoms with Gasteiger partial charge in [-0.1, -0.05) is 18.2 Å². The maximum atomic E-state index is 13.6. The zero-order chi connectivity index (χ0) is 23.4. The molecule has 1 unspecified atom stereocenters. The van der Waals surface area contributed by atoms with Crippen LogP contribution in [-0.2, 0) is 4.79 Å². The molecule has 32 heavy (non-hydrogen) atoms. The predicted molar refractivity (Wildman–Crippen MR) is 122 cm³/mol. The molecule has 0 fully saturated rings. The number of amides is 1. The second-order valence-corrected chi connectivity index (χ2v) is 7.95. The fourth-order valence-corrected chi connectivity index (χ4v) is 3.92. The third-order valence-corrected chi connectivity index (χ3v) is 5.51. The van der Waals surface area contributed by atoms with Gasteiger partial charge in [-0.15, -0.1) is 0 Å². The number of ketones is 1. The first-order valence-electron chi connectivity index (χ1n) is 10.6. The van der Waals surface area contributed by atoms with Crippen LogP contribution in [-0.4, -0.2) is 67.5 Å². The molecule has 1 heterocycles. The number of hydrogen-bond acceptors (Lipinski definition) is 6. The monoisotopic (exact) mass is 438 g/mol. The molecule has 1 aliphatic heterocycles. The van der Waals surface area contributed by atoms with Gasteiger partial charge in [-0.3, -0.25) is 9.59 Å². The van der Waals surface area contributed by atoms with Gasteiger partial charge >= 0.3 is 0 Å². The smallest absolute Gasteiger partial charge is 0.290 e. The number of carbonyl (C=O) groups excluding carboxylic acids is 2. The largest absolute Gasteiger partial charge is 0.503 e. The summed E-state index contributed by atoms with van der Waals surface area (Å²) in [6.45, 7) is 5.08. The number of methoxy groups -OCH3 is 1. The predicted octanol–water partition coefficient (Wildman–Crippen LogP) is 3.54. The fourth-order valence-electron chi connectivity index (χ4n) is 3.92. The molecule has 0 spiro atoms. The van der Waals surface area contributed by atoms with E-state index in [-0.39, 0.29) is 5.57 Å². The van der Waals surface area contributed by atoms with Gasteiger partial charge in [0.1, 0.15) is 11.5 Å². The topological polar surface area (TPSA) is 79.3 Å². The summed E-state index contributed by atoms with van der Waals surface area (Å²) < 4.78 is 11.1. The first kappa shape index (κ1) is 23.3. The SMILES string of the molecule is CCOc1ccccc1C1C(C(=O)c2ccc(OC)c(C)c2)=C(O)C(=O)N1CCN(C)C. The minimum absolute atomic E-state index is 0.0606. The van der Waals surface area contributed by atoms with Gasteiger partial charge in [0.25, 0.3) is 5.91 Å². The van der Waals surface area contributed by atoms with E-state index >= 15 is 0 Å². The maximum Gasteiger partial charge on any atom is 0.290 e. The molecular weight excluding hydrogens is 408 g/mol. The number of rotatable bonds is 9. The minimum atomic E-state index is -0.750. The number of aliphatic hydroxyl groups excluding tert-OH is 1. The van der Waals surface area contributed by atoms with Crippen molar-refractivity contribution in [3.05, 3.63) is 70.5 Å². The summed E-state index contributed by atoms with van der Waals surface area (Å²) >= 11 is 0. The number of carbonyl (C=O) groups is 2. The Morgan fingerprint density at radius 1 is 1.16 bits per heavy atom. The molecule has 0 bridgehead atoms. The molecule has 0 saturated carbocycles. The van der Waals surface area contributed by atoms with E-state index in [9.17, 15) is 14.7 Å². The molecule has 0 saturated heterocycles. The van der Waals surface area contributed by atoms with Gasteiger partial charge < -0.3 is 24.4 Å². The van der Waals surface area contributed by atoms with Gasteiger partial charge in [0, 0.05) is 24.2 Å². The molecule has 0 aliphatic carbocycles. The molecule has 7 nitrogen and oxygen atoms in total. The Kier molecular flexibility index (Phi) is 7.20. The lowest BCUT2D eigenvalue weighted by molar-refractivity contribution is -0.129. The second kappa shape index (κ2) is 9.87. The highest BCUT2D eigenvalue weighted by Gasteiger charge is 2.44. The van der Waals surface area contributed by atoms with Gasteiger partial charge in [0.2, 0.25) is 0 Å². The van der Waals surface area contributed by atoms with Crippen LogP contribution in [0.4, 0.5) is 0 Å². The van der Waals surface area contributed by atoms with Gasteiger partial charge in [0.05, 0.1) is 25.3 Å². The summed E-state index contributed by atoms with van der Waals surface area (Å²) in [7, 11) is 5.38. The highest BCUT2D eigenvalue weighted by Crippen LogP contribution is 2.42. The van der Waals surface area contributed by atoms with Crippen molar-refractivity contribution < 1.29 is 24.2 Å². The van der Waals surface area contributed by atoms with Crippen molar-refractivity contribution in [2.24, 2.45) is 0 Å². The molecule has 1 N–H and O–H groups in total. The van der Waals surface area contributed by atoms with Crippen LogP contribution in [0.5, 0.6) is 11.5 Å². The Hall–Kier alpha value is -3.32. The first-order chi connectivity index (χ1) is 15.3. The van der Waals surface area contributed by atoms with E-state index in [1.807, 2.05) is 57.1 Å². The quantitative estimate of drug-likeness (QED) is 0.604. The average Bonchev–Trinajstić information content (AvgIpc) is 3.02. The number of aliphatic hydroxyl groups is 1. The van der Waals surface area contributed by atoms with Crippen molar-refractivity contribution in [1.82, 2.24) is 9.80 Å². The Balaban J connectivity index is 2.12. The second-order valence-electron chi connectivity index (χ2n) is 7.95. The summed E-state index contributed by atoms with van der Waals surface area (Å²) in [6.07, 6.45) is 0. The summed E-state index contributed by atoms with van der Waals surface area (Å²) in [6, 6.07) is 11.6. The number of likely N-dealkylation sites (N-methyl/N-ethyl adjacent to an activating group) is 1. The van der Waals surface area contributed by atoms with E-state index in [0.717, 1.165) is 5.56 Å². The zero-order valence-electron chi connectivity index (χ0n) is 19.2. The van der Waals surface area contributed by atoms with Gasteiger partial charge in [-0.05, 0) is 57.8 Å². The number of Topliss-reactive ketones (excluding diaryl/α,β-unsaturated/α-hetero) is 1. The summed E-state index contributed by atoms with van der Waals surface area (Å²) in [5, 5.41) is 10.8. The van der Waals surface area contributed by atoms with Crippen molar-refractivity contribution in [3.8, 4) is 11.5 Å². The van der Waals surface area contributed by atoms with E-state index in [1.165, 1.54) is 4.90 Å². The van der Waals surface area contributed by atoms with Crippen LogP contribution in [0.2, 0.25) is 0 Å². The molecule has 170 valence electrons. The molecule has 1 atom stereocenters. The lowest BCUT2D eigenvalue weighted by Gasteiger charge is -2.29. The van der Waals surface area contributed by atoms with Crippen LogP contribution in [0.1, 0.15) is 34.5 Å². The Labute approximate surface area is 188 Å². The molecule has 0 radical (unpaired) electrons. The fraction of sp³-hybridized carbons (Fsp3) is 0.360. The molecule has 2 aromatic carbocycles. The Morgan fingerprint density at radius 3 is 2.50 bits per heavy atom. The average molecular weight is 439 g/mol. The van der Waals surface area contributed by atoms with Gasteiger partial charge in [-0.25, -0.2) is 0 Å². The molecule has 1 amide bonds. The Bertz CT molecular complexity index is 1040. The molecule has 1 aliphatic rings. The van der Waals surface area contributed by atoms with E-state index in [0.29, 0.717) is 42.3 Å². The van der Waals surface area contributed by atoms with Crippen molar-refractivity contribution in [3.63, 3.8) is 0 Å². The van der Waals surface area contributed by atoms with Crippen LogP contribution in [0.3, 0.4) is 0 Å². The number of benzene rings is 2. The van der Waals surface area contributed by atoms with Crippen molar-refractivity contribution >= 4 is 11.7 Å². The van der Waals surface area contributed by atoms with Crippen molar-refractivity contribution in [1.29, 1.82) is 0 Å². The number of nitrogens with zero attached hydrogens (tertiary/aromatic N) is 2. The molecule has 3 rings (SSSR count). The standard InChI is InChI=1S/C25H30N2O5/c1-6-32-20-10-8-7-9-18(20)22-21(24(29)25(30)27(22)14-13-26(3)4)23(28)17-11-12-19(31-5)16(2)15-17/h7-12,15,22,29H,6,13-14H2,1-5H3. The lowest BCUT2D eigenvalue weighted by atomic mass is 9.91. The van der Waals surface area contributed by atoms with Crippen LogP contribution in [0.25, 0.3) is 0 Å². The van der Waals surface area contributed by atoms with Gasteiger partial charge in [0.15, 0.2) is 11.5 Å². The molecule has 0 aromatic heterocycles. The summed E-state index contributed by atoms with van der Waals surface area (Å²) in [5.41, 5.74) is 1.90. The zero-order valence-corrected chi connectivity index (χ0v) is 19.2.